The number of hydrogen-bond acceptors (Lipinski definition) is 6. The van der Waals surface area contributed by atoms with Crippen LogP contribution in [-0.2, 0) is 24.3 Å². The second-order valence-electron chi connectivity index (χ2n) is 6.13. The molecule has 0 spiro atoms. The highest BCUT2D eigenvalue weighted by Gasteiger charge is 2.31. The molecule has 0 N–H and O–H groups in total. The molecule has 0 aliphatic carbocycles. The van der Waals surface area contributed by atoms with E-state index in [1.165, 1.54) is 23.9 Å². The molecule has 0 bridgehead atoms. The number of halogens is 4. The lowest BCUT2D eigenvalue weighted by atomic mass is 10.2. The van der Waals surface area contributed by atoms with Gasteiger partial charge in [-0.2, -0.15) is 13.2 Å². The molecular weight excluding hydrogens is 539 g/mol. The van der Waals surface area contributed by atoms with Gasteiger partial charge < -0.3 is 9.26 Å². The molecule has 0 radical (unpaired) electrons. The van der Waals surface area contributed by atoms with Crippen molar-refractivity contribution in [3.05, 3.63) is 57.1 Å². The van der Waals surface area contributed by atoms with E-state index < -0.39 is 23.0 Å². The van der Waals surface area contributed by atoms with Gasteiger partial charge in [0, 0.05) is 19.8 Å². The topological polar surface area (TPSA) is 88.2 Å². The first kappa shape index (κ1) is 22.6. The van der Waals surface area contributed by atoms with Crippen molar-refractivity contribution in [2.75, 3.05) is 6.61 Å². The quantitative estimate of drug-likeness (QED) is 0.252. The van der Waals surface area contributed by atoms with E-state index in [2.05, 4.69) is 32.0 Å². The average molecular weight is 554 g/mol. The number of alkyl halides is 3. The van der Waals surface area contributed by atoms with Crippen LogP contribution in [0.15, 0.2) is 40.3 Å². The summed E-state index contributed by atoms with van der Waals surface area (Å²) in [7, 11) is 1.48. The highest BCUT2D eigenvalue weighted by atomic mass is 127. The highest BCUT2D eigenvalue weighted by Crippen LogP contribution is 2.32. The molecule has 0 aliphatic heterocycles. The number of nitrogens with zero attached hydrogens (tertiary/aromatic N) is 4. The van der Waals surface area contributed by atoms with Gasteiger partial charge in [-0.1, -0.05) is 0 Å². The van der Waals surface area contributed by atoms with E-state index >= 15 is 0 Å². The molecule has 3 rings (SSSR count). The Morgan fingerprint density at radius 2 is 1.90 bits per heavy atom. The van der Waals surface area contributed by atoms with Crippen LogP contribution in [0.1, 0.15) is 12.0 Å². The predicted octanol–water partition coefficient (Wildman–Crippen LogP) is 3.65. The van der Waals surface area contributed by atoms with Crippen LogP contribution in [0, 0.1) is 0 Å². The van der Waals surface area contributed by atoms with Crippen molar-refractivity contribution in [1.82, 2.24) is 19.1 Å². The lowest BCUT2D eigenvalue weighted by molar-refractivity contribution is -0.137. The maximum Gasteiger partial charge on any atom is 0.418 e. The van der Waals surface area contributed by atoms with Crippen LogP contribution >= 0.6 is 28.5 Å². The van der Waals surface area contributed by atoms with Crippen molar-refractivity contribution >= 4 is 39.5 Å². The number of ether oxygens (including phenoxy) is 1. The molecule has 0 saturated heterocycles. The minimum Gasteiger partial charge on any atom is -0.454 e. The molecule has 0 saturated carbocycles. The van der Waals surface area contributed by atoms with E-state index in [1.54, 1.807) is 0 Å². The molecule has 30 heavy (non-hydrogen) atoms. The molecule has 0 fully saturated rings. The van der Waals surface area contributed by atoms with Gasteiger partial charge in [0.05, 0.1) is 36.4 Å². The van der Waals surface area contributed by atoms with E-state index in [1.807, 2.05) is 0 Å². The van der Waals surface area contributed by atoms with Crippen molar-refractivity contribution < 1.29 is 22.4 Å². The molecule has 3 aromatic heterocycles. The van der Waals surface area contributed by atoms with Crippen molar-refractivity contribution in [2.24, 2.45) is 7.05 Å². The summed E-state index contributed by atoms with van der Waals surface area (Å²) < 4.78 is 51.5. The average Bonchev–Trinajstić information content (AvgIpc) is 2.71. The molecule has 3 aromatic rings. The zero-order chi connectivity index (χ0) is 21.9. The first-order valence-corrected chi connectivity index (χ1v) is 12.5. The van der Waals surface area contributed by atoms with Crippen LogP contribution in [0.2, 0.25) is 0 Å². The largest absolute Gasteiger partial charge is 0.454 e. The van der Waals surface area contributed by atoms with Gasteiger partial charge in [-0.3, -0.25) is 18.9 Å². The van der Waals surface area contributed by atoms with Crippen LogP contribution in [-0.4, -0.2) is 25.7 Å². The molecule has 13 heteroatoms. The van der Waals surface area contributed by atoms with Gasteiger partial charge in [0.15, 0.2) is 0 Å². The number of rotatable bonds is 7. The normalized spacial score (nSPS) is 12.2. The fourth-order valence-electron chi connectivity index (χ4n) is 2.72. The van der Waals surface area contributed by atoms with E-state index in [4.69, 9.17) is 9.26 Å². The van der Waals surface area contributed by atoms with Crippen molar-refractivity contribution in [3.63, 3.8) is 0 Å². The zero-order valence-electron chi connectivity index (χ0n) is 15.4. The number of aromatic nitrogens is 4. The molecular formula is C17H15F3IN4O4P. The third kappa shape index (κ3) is 4.98. The summed E-state index contributed by atoms with van der Waals surface area (Å²) in [5.74, 6) is -0.117. The molecule has 1 unspecified atom stereocenters. The van der Waals surface area contributed by atoms with Crippen molar-refractivity contribution in [1.29, 1.82) is 0 Å². The second kappa shape index (κ2) is 9.40. The highest BCUT2D eigenvalue weighted by molar-refractivity contribution is 14.2. The van der Waals surface area contributed by atoms with E-state index in [-0.39, 0.29) is 35.5 Å². The third-order valence-corrected chi connectivity index (χ3v) is 5.36. The monoisotopic (exact) mass is 554 g/mol. The van der Waals surface area contributed by atoms with E-state index in [0.29, 0.717) is 19.2 Å². The second-order valence-corrected chi connectivity index (χ2v) is 7.89. The van der Waals surface area contributed by atoms with Gasteiger partial charge in [0.2, 0.25) is 0 Å². The lowest BCUT2D eigenvalue weighted by Gasteiger charge is -2.12. The zero-order valence-corrected chi connectivity index (χ0v) is 18.6. The van der Waals surface area contributed by atoms with Gasteiger partial charge in [0.25, 0.3) is 5.56 Å². The smallest absolute Gasteiger partial charge is 0.418 e. The maximum absolute atomic E-state index is 12.9. The number of fused-ring (bicyclic) bond motifs is 1. The summed E-state index contributed by atoms with van der Waals surface area (Å²) in [6.07, 6.45) is -1.08. The number of aryl methyl sites for hydroxylation is 1. The van der Waals surface area contributed by atoms with Crippen LogP contribution in [0.5, 0.6) is 11.5 Å². The number of hydrogen-bond donors (Lipinski definition) is 0. The fraction of sp³-hybridized carbons (Fsp3) is 0.294. The van der Waals surface area contributed by atoms with Gasteiger partial charge >= 0.3 is 11.9 Å². The maximum atomic E-state index is 12.9. The van der Waals surface area contributed by atoms with E-state index in [9.17, 15) is 22.8 Å². The molecule has 8 nitrogen and oxygen atoms in total. The fourth-order valence-corrected chi connectivity index (χ4v) is 3.60. The Morgan fingerprint density at radius 1 is 1.17 bits per heavy atom. The Balaban J connectivity index is 1.97. The summed E-state index contributed by atoms with van der Waals surface area (Å²) in [6, 6.07) is 2.13. The molecule has 1 atom stereocenters. The van der Waals surface area contributed by atoms with Crippen LogP contribution in [0.25, 0.3) is 11.0 Å². The summed E-state index contributed by atoms with van der Waals surface area (Å²) in [5, 5.41) is 0.103. The van der Waals surface area contributed by atoms with Gasteiger partial charge in [0.1, 0.15) is 17.1 Å². The molecule has 0 aliphatic rings. The Hall–Kier alpha value is -2.05. The molecule has 0 amide bonds. The molecule has 3 heterocycles. The minimum absolute atomic E-state index is 0.0420. The Morgan fingerprint density at radius 3 is 2.60 bits per heavy atom. The predicted molar refractivity (Wildman–Crippen MR) is 113 cm³/mol. The van der Waals surface area contributed by atoms with E-state index in [0.717, 1.165) is 16.8 Å². The molecule has 160 valence electrons. The minimum atomic E-state index is -4.57. The summed E-state index contributed by atoms with van der Waals surface area (Å²) in [6.45, 7) is 0.838. The Kier molecular flexibility index (Phi) is 7.09. The SMILES string of the molecule is Cn1c(=O)n(CCCOPI)c(=O)c2cc(Oc3cncc(C(F)(F)F)c3)cnc21. The summed E-state index contributed by atoms with van der Waals surface area (Å²) >= 11 is 2.07. The first-order chi connectivity index (χ1) is 14.2. The summed E-state index contributed by atoms with van der Waals surface area (Å²) in [4.78, 5) is 32.9. The lowest BCUT2D eigenvalue weighted by Crippen LogP contribution is -2.39. The Bertz CT molecular complexity index is 1180. The Labute approximate surface area is 182 Å². The van der Waals surface area contributed by atoms with Gasteiger partial charge in [-0.25, -0.2) is 9.78 Å². The molecule has 0 aromatic carbocycles. The van der Waals surface area contributed by atoms with Gasteiger partial charge in [-0.15, -0.1) is 0 Å². The first-order valence-electron chi connectivity index (χ1n) is 8.49. The van der Waals surface area contributed by atoms with Gasteiger partial charge in [-0.05, 0) is 40.6 Å². The standard InChI is InChI=1S/C17H15F3IN4O4P/c1-24-14-13(15(26)25(16(24)27)3-2-4-28-30-21)6-12(9-23-14)29-11-5-10(7-22-8-11)17(18,19)20/h5-9,30H,2-4H2,1H3. The summed E-state index contributed by atoms with van der Waals surface area (Å²) in [5.41, 5.74) is -1.91. The van der Waals surface area contributed by atoms with Crippen LogP contribution in [0.4, 0.5) is 13.2 Å². The van der Waals surface area contributed by atoms with Crippen molar-refractivity contribution in [3.8, 4) is 11.5 Å². The van der Waals surface area contributed by atoms with Crippen molar-refractivity contribution in [2.45, 2.75) is 19.1 Å². The number of pyridine rings is 2. The third-order valence-electron chi connectivity index (χ3n) is 4.11. The van der Waals surface area contributed by atoms with Crippen LogP contribution < -0.4 is 16.0 Å². The van der Waals surface area contributed by atoms with Crippen LogP contribution in [0.3, 0.4) is 0 Å².